The second-order valence-electron chi connectivity index (χ2n) is 6.59. The van der Waals surface area contributed by atoms with Gasteiger partial charge >= 0.3 is 0 Å². The minimum absolute atomic E-state index is 0.216. The van der Waals surface area contributed by atoms with Crippen molar-refractivity contribution in [2.75, 3.05) is 33.9 Å². The van der Waals surface area contributed by atoms with Crippen LogP contribution in [0, 0.1) is 11.3 Å². The Bertz CT molecular complexity index is 567. The van der Waals surface area contributed by atoms with E-state index in [2.05, 4.69) is 10.6 Å². The van der Waals surface area contributed by atoms with E-state index in [1.54, 1.807) is 14.2 Å². The van der Waals surface area contributed by atoms with Crippen molar-refractivity contribution in [3.63, 3.8) is 0 Å². The number of methoxy groups -OCH3 is 2. The number of benzene rings is 1. The van der Waals surface area contributed by atoms with Crippen LogP contribution in [0.15, 0.2) is 18.2 Å². The van der Waals surface area contributed by atoms with E-state index in [1.807, 2.05) is 18.2 Å². The topological polar surface area (TPSA) is 59.6 Å². The van der Waals surface area contributed by atoms with Crippen LogP contribution < -0.4 is 20.1 Å². The van der Waals surface area contributed by atoms with Gasteiger partial charge in [-0.1, -0.05) is 0 Å². The fourth-order valence-corrected chi connectivity index (χ4v) is 3.72. The van der Waals surface area contributed by atoms with Crippen molar-refractivity contribution in [2.45, 2.75) is 25.7 Å². The fourth-order valence-electron chi connectivity index (χ4n) is 3.72. The summed E-state index contributed by atoms with van der Waals surface area (Å²) >= 11 is 0. The summed E-state index contributed by atoms with van der Waals surface area (Å²) < 4.78 is 10.6. The molecule has 23 heavy (non-hydrogen) atoms. The van der Waals surface area contributed by atoms with Gasteiger partial charge in [-0.25, -0.2) is 0 Å². The molecule has 1 spiro atoms. The van der Waals surface area contributed by atoms with Crippen molar-refractivity contribution in [3.05, 3.63) is 23.8 Å². The van der Waals surface area contributed by atoms with Gasteiger partial charge < -0.3 is 20.1 Å². The first kappa shape index (κ1) is 16.1. The lowest BCUT2D eigenvalue weighted by atomic mass is 9.92. The highest BCUT2D eigenvalue weighted by atomic mass is 16.5. The minimum Gasteiger partial charge on any atom is -0.497 e. The molecule has 1 aliphatic heterocycles. The van der Waals surface area contributed by atoms with Crippen molar-refractivity contribution >= 4 is 5.91 Å². The molecule has 5 nitrogen and oxygen atoms in total. The molecular weight excluding hydrogens is 292 g/mol. The monoisotopic (exact) mass is 318 g/mol. The maximum absolute atomic E-state index is 12.4. The lowest BCUT2D eigenvalue weighted by molar-refractivity contribution is -0.123. The van der Waals surface area contributed by atoms with E-state index in [0.717, 1.165) is 55.8 Å². The second kappa shape index (κ2) is 6.79. The molecule has 1 aromatic carbocycles. The van der Waals surface area contributed by atoms with Gasteiger partial charge in [-0.2, -0.15) is 0 Å². The Morgan fingerprint density at radius 1 is 1.30 bits per heavy atom. The molecule has 1 unspecified atom stereocenters. The number of carbonyl (C=O) groups is 1. The van der Waals surface area contributed by atoms with Crippen LogP contribution in [0.3, 0.4) is 0 Å². The summed E-state index contributed by atoms with van der Waals surface area (Å²) in [5.74, 6) is 2.08. The van der Waals surface area contributed by atoms with Gasteiger partial charge in [0.1, 0.15) is 11.5 Å². The molecule has 0 bridgehead atoms. The molecule has 3 rings (SSSR count). The standard InChI is InChI=1S/C18H26N2O3/c1-22-14-3-4-16(23-2)13(11-14)5-8-20-17(21)15-12-18(15)6-9-19-10-7-18/h3-4,11,15,19H,5-10,12H2,1-2H3,(H,20,21). The van der Waals surface area contributed by atoms with Gasteiger partial charge in [-0.05, 0) is 68.0 Å². The lowest BCUT2D eigenvalue weighted by Gasteiger charge is -2.23. The number of hydrogen-bond donors (Lipinski definition) is 2. The number of ether oxygens (including phenoxy) is 2. The van der Waals surface area contributed by atoms with Gasteiger partial charge in [0.15, 0.2) is 0 Å². The summed E-state index contributed by atoms with van der Waals surface area (Å²) in [5, 5.41) is 6.47. The predicted octanol–water partition coefficient (Wildman–Crippen LogP) is 1.75. The van der Waals surface area contributed by atoms with Crippen LogP contribution in [0.25, 0.3) is 0 Å². The normalized spacial score (nSPS) is 21.7. The van der Waals surface area contributed by atoms with Crippen molar-refractivity contribution in [1.82, 2.24) is 10.6 Å². The zero-order valence-corrected chi connectivity index (χ0v) is 14.0. The van der Waals surface area contributed by atoms with Gasteiger partial charge in [0, 0.05) is 12.5 Å². The maximum Gasteiger partial charge on any atom is 0.223 e. The molecular formula is C18H26N2O3. The number of hydrogen-bond acceptors (Lipinski definition) is 4. The molecule has 1 atom stereocenters. The highest BCUT2D eigenvalue weighted by molar-refractivity contribution is 5.82. The van der Waals surface area contributed by atoms with E-state index in [-0.39, 0.29) is 11.8 Å². The summed E-state index contributed by atoms with van der Waals surface area (Å²) in [5.41, 5.74) is 1.35. The molecule has 1 saturated heterocycles. The number of piperidine rings is 1. The van der Waals surface area contributed by atoms with Crippen LogP contribution in [-0.4, -0.2) is 39.8 Å². The molecule has 1 amide bonds. The van der Waals surface area contributed by atoms with Crippen molar-refractivity contribution in [2.24, 2.45) is 11.3 Å². The number of amides is 1. The van der Waals surface area contributed by atoms with Gasteiger partial charge in [-0.3, -0.25) is 4.79 Å². The van der Waals surface area contributed by atoms with Gasteiger partial charge in [0.05, 0.1) is 14.2 Å². The molecule has 1 heterocycles. The van der Waals surface area contributed by atoms with Crippen molar-refractivity contribution < 1.29 is 14.3 Å². The van der Waals surface area contributed by atoms with Gasteiger partial charge in [0.25, 0.3) is 0 Å². The molecule has 126 valence electrons. The molecule has 5 heteroatoms. The Morgan fingerprint density at radius 2 is 2.09 bits per heavy atom. The third-order valence-electron chi connectivity index (χ3n) is 5.29. The highest BCUT2D eigenvalue weighted by Gasteiger charge is 2.57. The third kappa shape index (κ3) is 3.44. The van der Waals surface area contributed by atoms with Crippen LogP contribution in [0.5, 0.6) is 11.5 Å². The number of nitrogens with one attached hydrogen (secondary N) is 2. The van der Waals surface area contributed by atoms with Crippen molar-refractivity contribution in [3.8, 4) is 11.5 Å². The van der Waals surface area contributed by atoms with Crippen LogP contribution in [0.4, 0.5) is 0 Å². The summed E-state index contributed by atoms with van der Waals surface area (Å²) in [6.07, 6.45) is 4.07. The summed E-state index contributed by atoms with van der Waals surface area (Å²) in [4.78, 5) is 12.4. The average Bonchev–Trinajstić information content (AvgIpc) is 3.28. The van der Waals surface area contributed by atoms with Crippen molar-refractivity contribution in [1.29, 1.82) is 0 Å². The van der Waals surface area contributed by atoms with Crippen LogP contribution in [0.1, 0.15) is 24.8 Å². The zero-order chi connectivity index (χ0) is 16.3. The molecule has 2 N–H and O–H groups in total. The maximum atomic E-state index is 12.4. The lowest BCUT2D eigenvalue weighted by Crippen LogP contribution is -2.34. The molecule has 2 aliphatic rings. The van der Waals surface area contributed by atoms with E-state index in [1.165, 1.54) is 0 Å². The first-order valence-corrected chi connectivity index (χ1v) is 8.38. The molecule has 1 aromatic rings. The highest BCUT2D eigenvalue weighted by Crippen LogP contribution is 2.58. The largest absolute Gasteiger partial charge is 0.497 e. The number of carbonyl (C=O) groups excluding carboxylic acids is 1. The minimum atomic E-state index is 0.216. The smallest absolute Gasteiger partial charge is 0.223 e. The number of rotatable bonds is 6. The van der Waals surface area contributed by atoms with E-state index in [0.29, 0.717) is 12.0 Å². The van der Waals surface area contributed by atoms with Gasteiger partial charge in [-0.15, -0.1) is 0 Å². The predicted molar refractivity (Wildman–Crippen MR) is 88.9 cm³/mol. The molecule has 1 aliphatic carbocycles. The van der Waals surface area contributed by atoms with E-state index in [4.69, 9.17) is 9.47 Å². The summed E-state index contributed by atoms with van der Waals surface area (Å²) in [6, 6.07) is 5.75. The summed E-state index contributed by atoms with van der Waals surface area (Å²) in [6.45, 7) is 2.72. The summed E-state index contributed by atoms with van der Waals surface area (Å²) in [7, 11) is 3.31. The van der Waals surface area contributed by atoms with Crippen LogP contribution in [0.2, 0.25) is 0 Å². The zero-order valence-electron chi connectivity index (χ0n) is 14.0. The first-order chi connectivity index (χ1) is 11.2. The Balaban J connectivity index is 1.51. The molecule has 2 fully saturated rings. The molecule has 0 radical (unpaired) electrons. The average molecular weight is 318 g/mol. The SMILES string of the molecule is COc1ccc(OC)c(CCNC(=O)C2CC23CCNCC3)c1. The van der Waals surface area contributed by atoms with Gasteiger partial charge in [0.2, 0.25) is 5.91 Å². The Morgan fingerprint density at radius 3 is 2.78 bits per heavy atom. The van der Waals surface area contributed by atoms with Crippen LogP contribution >= 0.6 is 0 Å². The van der Waals surface area contributed by atoms with Crippen LogP contribution in [-0.2, 0) is 11.2 Å². The first-order valence-electron chi connectivity index (χ1n) is 8.38. The molecule has 1 saturated carbocycles. The third-order valence-corrected chi connectivity index (χ3v) is 5.29. The Hall–Kier alpha value is -1.75. The van der Waals surface area contributed by atoms with E-state index < -0.39 is 0 Å². The second-order valence-corrected chi connectivity index (χ2v) is 6.59. The Labute approximate surface area is 137 Å². The molecule has 0 aromatic heterocycles. The van der Waals surface area contributed by atoms with E-state index >= 15 is 0 Å². The van der Waals surface area contributed by atoms with E-state index in [9.17, 15) is 4.79 Å². The quantitative estimate of drug-likeness (QED) is 0.839. The fraction of sp³-hybridized carbons (Fsp3) is 0.611. The Kier molecular flexibility index (Phi) is 4.76.